The van der Waals surface area contributed by atoms with E-state index in [4.69, 9.17) is 16.3 Å². The molecule has 0 amide bonds. The average molecular weight is 438 g/mol. The van der Waals surface area contributed by atoms with Crippen LogP contribution in [-0.2, 0) is 16.4 Å². The molecule has 152 valence electrons. The Kier molecular flexibility index (Phi) is 6.61. The molecule has 0 saturated heterocycles. The van der Waals surface area contributed by atoms with Gasteiger partial charge in [-0.25, -0.2) is 8.42 Å². The largest absolute Gasteiger partial charge is 0.488 e. The normalized spacial score (nSPS) is 11.7. The van der Waals surface area contributed by atoms with Gasteiger partial charge in [-0.2, -0.15) is 5.26 Å². The maximum Gasteiger partial charge on any atom is 0.216 e. The number of ether oxygens (including phenoxy) is 1. The highest BCUT2D eigenvalue weighted by molar-refractivity contribution is 7.95. The predicted octanol–water partition coefficient (Wildman–Crippen LogP) is 5.87. The van der Waals surface area contributed by atoms with Crippen LogP contribution in [0.25, 0.3) is 6.08 Å². The van der Waals surface area contributed by atoms with E-state index in [2.05, 4.69) is 6.07 Å². The molecule has 0 fully saturated rings. The standard InChI is InChI=1S/C24H20ClNO3S/c1-17-11-18(2)13-19(12-17)16-29-24-6-4-3-5-20(24)14-23(15-26)30(27,28)22-9-7-21(25)8-10-22/h3-14H,16H2,1-2H3. The maximum absolute atomic E-state index is 12.9. The molecular formula is C24H20ClNO3S. The third-order valence-electron chi connectivity index (χ3n) is 4.41. The number of allylic oxidation sites excluding steroid dienone is 1. The topological polar surface area (TPSA) is 67.2 Å². The molecule has 3 rings (SSSR count). The molecule has 3 aromatic rings. The number of nitrogens with zero attached hydrogens (tertiary/aromatic N) is 1. The van der Waals surface area contributed by atoms with Gasteiger partial charge in [0.2, 0.25) is 9.84 Å². The van der Waals surface area contributed by atoms with E-state index in [1.165, 1.54) is 30.3 Å². The molecule has 0 saturated carbocycles. The minimum absolute atomic E-state index is 0.00772. The Balaban J connectivity index is 1.92. The molecule has 0 aliphatic rings. The first-order chi connectivity index (χ1) is 14.3. The molecule has 4 nitrogen and oxygen atoms in total. The number of sulfone groups is 1. The summed E-state index contributed by atoms with van der Waals surface area (Å²) in [5.74, 6) is 0.496. The van der Waals surface area contributed by atoms with E-state index in [0.29, 0.717) is 22.9 Å². The van der Waals surface area contributed by atoms with Gasteiger partial charge in [-0.3, -0.25) is 0 Å². The Morgan fingerprint density at radius 1 is 1.03 bits per heavy atom. The van der Waals surface area contributed by atoms with Crippen molar-refractivity contribution in [1.82, 2.24) is 0 Å². The van der Waals surface area contributed by atoms with Crippen molar-refractivity contribution in [2.45, 2.75) is 25.3 Å². The quantitative estimate of drug-likeness (QED) is 0.452. The summed E-state index contributed by atoms with van der Waals surface area (Å²) < 4.78 is 31.7. The third-order valence-corrected chi connectivity index (χ3v) is 6.34. The van der Waals surface area contributed by atoms with E-state index in [1.807, 2.05) is 26.0 Å². The first-order valence-corrected chi connectivity index (χ1v) is 11.1. The number of nitriles is 1. The van der Waals surface area contributed by atoms with Crippen LogP contribution in [0.1, 0.15) is 22.3 Å². The molecule has 0 aromatic heterocycles. The number of benzene rings is 3. The van der Waals surface area contributed by atoms with Crippen molar-refractivity contribution in [3.63, 3.8) is 0 Å². The second kappa shape index (κ2) is 9.17. The van der Waals surface area contributed by atoms with E-state index in [9.17, 15) is 13.7 Å². The minimum Gasteiger partial charge on any atom is -0.488 e. The fourth-order valence-electron chi connectivity index (χ4n) is 3.10. The Hall–Kier alpha value is -3.07. The minimum atomic E-state index is -3.98. The van der Waals surface area contributed by atoms with Crippen LogP contribution in [0.2, 0.25) is 5.02 Å². The van der Waals surface area contributed by atoms with Crippen LogP contribution < -0.4 is 4.74 Å². The van der Waals surface area contributed by atoms with E-state index in [-0.39, 0.29) is 9.80 Å². The van der Waals surface area contributed by atoms with Crippen molar-refractivity contribution in [2.24, 2.45) is 0 Å². The number of para-hydroxylation sites is 1. The molecule has 0 aliphatic heterocycles. The van der Waals surface area contributed by atoms with Gasteiger partial charge in [0.05, 0.1) is 4.90 Å². The van der Waals surface area contributed by atoms with Crippen molar-refractivity contribution < 1.29 is 13.2 Å². The van der Waals surface area contributed by atoms with Gasteiger partial charge < -0.3 is 4.74 Å². The molecular weight excluding hydrogens is 418 g/mol. The van der Waals surface area contributed by atoms with Crippen LogP contribution in [0.4, 0.5) is 0 Å². The molecule has 0 heterocycles. The van der Waals surface area contributed by atoms with Crippen molar-refractivity contribution in [1.29, 1.82) is 5.26 Å². The highest BCUT2D eigenvalue weighted by atomic mass is 35.5. The van der Waals surface area contributed by atoms with Crippen molar-refractivity contribution in [2.75, 3.05) is 0 Å². The SMILES string of the molecule is Cc1cc(C)cc(COc2ccccc2C=C(C#N)S(=O)(=O)c2ccc(Cl)cc2)c1. The van der Waals surface area contributed by atoms with Gasteiger partial charge in [0.15, 0.2) is 0 Å². The monoisotopic (exact) mass is 437 g/mol. The predicted molar refractivity (Wildman–Crippen MR) is 119 cm³/mol. The molecule has 6 heteroatoms. The average Bonchev–Trinajstić information content (AvgIpc) is 2.70. The van der Waals surface area contributed by atoms with Crippen LogP contribution in [0, 0.1) is 25.2 Å². The highest BCUT2D eigenvalue weighted by Crippen LogP contribution is 2.27. The number of rotatable bonds is 6. The number of aryl methyl sites for hydroxylation is 2. The zero-order valence-electron chi connectivity index (χ0n) is 16.6. The van der Waals surface area contributed by atoms with Gasteiger partial charge in [-0.1, -0.05) is 59.1 Å². The molecule has 0 bridgehead atoms. The molecule has 0 radical (unpaired) electrons. The summed E-state index contributed by atoms with van der Waals surface area (Å²) in [6.45, 7) is 4.38. The van der Waals surface area contributed by atoms with Crippen molar-refractivity contribution in [3.05, 3.63) is 98.9 Å². The number of halogens is 1. The molecule has 0 N–H and O–H groups in total. The van der Waals surface area contributed by atoms with E-state index >= 15 is 0 Å². The summed E-state index contributed by atoms with van der Waals surface area (Å²) in [6.07, 6.45) is 1.33. The van der Waals surface area contributed by atoms with Crippen LogP contribution in [0.15, 0.2) is 76.5 Å². The van der Waals surface area contributed by atoms with Crippen LogP contribution in [0.3, 0.4) is 0 Å². The van der Waals surface area contributed by atoms with Crippen LogP contribution in [-0.4, -0.2) is 8.42 Å². The molecule has 3 aromatic carbocycles. The van der Waals surface area contributed by atoms with Gasteiger partial charge >= 0.3 is 0 Å². The van der Waals surface area contributed by atoms with E-state index < -0.39 is 9.84 Å². The van der Waals surface area contributed by atoms with Gasteiger partial charge in [0.1, 0.15) is 23.3 Å². The molecule has 30 heavy (non-hydrogen) atoms. The van der Waals surface area contributed by atoms with Crippen LogP contribution in [0.5, 0.6) is 5.75 Å². The summed E-state index contributed by atoms with van der Waals surface area (Å²) in [7, 11) is -3.98. The Labute approximate surface area is 181 Å². The van der Waals surface area contributed by atoms with Gasteiger partial charge in [-0.15, -0.1) is 0 Å². The summed E-state index contributed by atoms with van der Waals surface area (Å²) in [4.78, 5) is -0.361. The summed E-state index contributed by atoms with van der Waals surface area (Å²) >= 11 is 5.84. The van der Waals surface area contributed by atoms with Crippen LogP contribution >= 0.6 is 11.6 Å². The molecule has 0 atom stereocenters. The van der Waals surface area contributed by atoms with Gasteiger partial charge in [0, 0.05) is 10.6 Å². The summed E-state index contributed by atoms with van der Waals surface area (Å²) in [5, 5.41) is 9.95. The fraction of sp³-hybridized carbons (Fsp3) is 0.125. The lowest BCUT2D eigenvalue weighted by molar-refractivity contribution is 0.305. The Morgan fingerprint density at radius 3 is 2.30 bits per heavy atom. The van der Waals surface area contributed by atoms with E-state index in [1.54, 1.807) is 30.3 Å². The Bertz CT molecular complexity index is 1220. The third kappa shape index (κ3) is 5.10. The second-order valence-electron chi connectivity index (χ2n) is 6.90. The molecule has 0 spiro atoms. The maximum atomic E-state index is 12.9. The Morgan fingerprint density at radius 2 is 1.67 bits per heavy atom. The first kappa shape index (κ1) is 21.6. The van der Waals surface area contributed by atoms with Gasteiger partial charge in [0.25, 0.3) is 0 Å². The summed E-state index contributed by atoms with van der Waals surface area (Å²) in [5.41, 5.74) is 3.81. The van der Waals surface area contributed by atoms with Crippen molar-refractivity contribution >= 4 is 27.5 Å². The zero-order chi connectivity index (χ0) is 21.7. The lowest BCUT2D eigenvalue weighted by atomic mass is 10.1. The second-order valence-corrected chi connectivity index (χ2v) is 9.25. The lowest BCUT2D eigenvalue weighted by Crippen LogP contribution is -2.04. The van der Waals surface area contributed by atoms with E-state index in [0.717, 1.165) is 16.7 Å². The highest BCUT2D eigenvalue weighted by Gasteiger charge is 2.21. The molecule has 0 aliphatic carbocycles. The zero-order valence-corrected chi connectivity index (χ0v) is 18.2. The van der Waals surface area contributed by atoms with Gasteiger partial charge in [-0.05, 0) is 55.8 Å². The number of hydrogen-bond acceptors (Lipinski definition) is 4. The van der Waals surface area contributed by atoms with Crippen molar-refractivity contribution in [3.8, 4) is 11.8 Å². The lowest BCUT2D eigenvalue weighted by Gasteiger charge is -2.11. The summed E-state index contributed by atoms with van der Waals surface area (Å²) in [6, 6.07) is 20.7. The smallest absolute Gasteiger partial charge is 0.216 e. The first-order valence-electron chi connectivity index (χ1n) is 9.21. The fourth-order valence-corrected chi connectivity index (χ4v) is 4.37. The molecule has 0 unspecified atom stereocenters. The number of hydrogen-bond donors (Lipinski definition) is 0.